The molecule has 0 bridgehead atoms. The number of aromatic nitrogens is 3. The Morgan fingerprint density at radius 2 is 1.21 bits per heavy atom. The molecule has 6 heteroatoms. The summed E-state index contributed by atoms with van der Waals surface area (Å²) in [5.74, 6) is 2.59. The van der Waals surface area contributed by atoms with Gasteiger partial charge in [0, 0.05) is 45.0 Å². The Balaban J connectivity index is 1.25. The second kappa shape index (κ2) is 10.5. The maximum absolute atomic E-state index is 6.72. The van der Waals surface area contributed by atoms with Gasteiger partial charge in [0.15, 0.2) is 23.2 Å². The van der Waals surface area contributed by atoms with E-state index in [1.165, 1.54) is 0 Å². The van der Waals surface area contributed by atoms with Gasteiger partial charge >= 0.3 is 0 Å². The van der Waals surface area contributed by atoms with Crippen LogP contribution in [0.2, 0.25) is 0 Å². The molecule has 48 heavy (non-hydrogen) atoms. The van der Waals surface area contributed by atoms with E-state index in [1.54, 1.807) is 0 Å². The predicted molar refractivity (Wildman–Crippen MR) is 194 cm³/mol. The fourth-order valence-corrected chi connectivity index (χ4v) is 6.95. The van der Waals surface area contributed by atoms with Crippen LogP contribution >= 0.6 is 0 Å². The molecule has 6 nitrogen and oxygen atoms in total. The first-order chi connectivity index (χ1) is 23.8. The van der Waals surface area contributed by atoms with Crippen LogP contribution in [0.4, 0.5) is 5.69 Å². The number of anilines is 1. The van der Waals surface area contributed by atoms with Crippen molar-refractivity contribution in [3.63, 3.8) is 0 Å². The molecule has 1 N–H and O–H groups in total. The molecule has 9 aromatic rings. The van der Waals surface area contributed by atoms with Crippen LogP contribution in [0.3, 0.4) is 0 Å². The summed E-state index contributed by atoms with van der Waals surface area (Å²) >= 11 is 0. The first kappa shape index (κ1) is 26.7. The third kappa shape index (κ3) is 4.09. The summed E-state index contributed by atoms with van der Waals surface area (Å²) in [6.45, 7) is 0.696. The lowest BCUT2D eigenvalue weighted by molar-refractivity contribution is 0.605. The number of fused-ring (bicyclic) bond motifs is 8. The van der Waals surface area contributed by atoms with E-state index in [2.05, 4.69) is 66.0 Å². The Labute approximate surface area is 275 Å². The smallest absolute Gasteiger partial charge is 0.164 e. The van der Waals surface area contributed by atoms with Gasteiger partial charge in [-0.1, -0.05) is 109 Å². The van der Waals surface area contributed by atoms with Gasteiger partial charge in [0.25, 0.3) is 0 Å². The molecule has 1 aliphatic heterocycles. The van der Waals surface area contributed by atoms with Crippen molar-refractivity contribution in [3.8, 4) is 45.3 Å². The summed E-state index contributed by atoms with van der Waals surface area (Å²) in [6.07, 6.45) is 4.11. The van der Waals surface area contributed by atoms with Crippen molar-refractivity contribution < 1.29 is 8.83 Å². The monoisotopic (exact) mass is 618 g/mol. The third-order valence-electron chi connectivity index (χ3n) is 9.15. The maximum Gasteiger partial charge on any atom is 0.164 e. The summed E-state index contributed by atoms with van der Waals surface area (Å²) in [6, 6.07) is 43.2. The van der Waals surface area contributed by atoms with Gasteiger partial charge < -0.3 is 14.2 Å². The fourth-order valence-electron chi connectivity index (χ4n) is 6.95. The zero-order valence-electron chi connectivity index (χ0n) is 25.6. The first-order valence-electron chi connectivity index (χ1n) is 16.0. The summed E-state index contributed by atoms with van der Waals surface area (Å²) in [5, 5.41) is 8.89. The van der Waals surface area contributed by atoms with Crippen molar-refractivity contribution in [2.45, 2.75) is 0 Å². The van der Waals surface area contributed by atoms with Crippen molar-refractivity contribution in [1.29, 1.82) is 0 Å². The molecule has 0 fully saturated rings. The van der Waals surface area contributed by atoms with Crippen LogP contribution in [0.5, 0.6) is 0 Å². The van der Waals surface area contributed by atoms with Crippen LogP contribution in [0.1, 0.15) is 5.76 Å². The summed E-state index contributed by atoms with van der Waals surface area (Å²) in [5.41, 5.74) is 8.15. The molecule has 0 saturated carbocycles. The zero-order valence-corrected chi connectivity index (χ0v) is 25.6. The van der Waals surface area contributed by atoms with Gasteiger partial charge in [-0.3, -0.25) is 0 Å². The van der Waals surface area contributed by atoms with E-state index in [1.807, 2.05) is 78.9 Å². The maximum atomic E-state index is 6.72. The average molecular weight is 619 g/mol. The fraction of sp³-hybridized carbons (Fsp3) is 0.0238. The number of hydrogen-bond donors (Lipinski definition) is 1. The predicted octanol–water partition coefficient (Wildman–Crippen LogP) is 10.8. The summed E-state index contributed by atoms with van der Waals surface area (Å²) in [7, 11) is 0. The normalized spacial score (nSPS) is 12.6. The molecular formula is C42H26N4O2. The van der Waals surface area contributed by atoms with Gasteiger partial charge in [-0.25, -0.2) is 15.0 Å². The minimum Gasteiger partial charge on any atom is -0.455 e. The highest BCUT2D eigenvalue weighted by Crippen LogP contribution is 2.47. The minimum absolute atomic E-state index is 0.581. The number of nitrogens with zero attached hydrogens (tertiary/aromatic N) is 3. The quantitative estimate of drug-likeness (QED) is 0.211. The summed E-state index contributed by atoms with van der Waals surface area (Å²) in [4.78, 5) is 15.1. The molecule has 4 heterocycles. The lowest BCUT2D eigenvalue weighted by atomic mass is 9.94. The van der Waals surface area contributed by atoms with Crippen molar-refractivity contribution >= 4 is 55.4 Å². The van der Waals surface area contributed by atoms with Gasteiger partial charge in [-0.05, 0) is 41.3 Å². The Kier molecular flexibility index (Phi) is 5.84. The van der Waals surface area contributed by atoms with E-state index in [0.29, 0.717) is 24.0 Å². The lowest BCUT2D eigenvalue weighted by Crippen LogP contribution is -2.04. The van der Waals surface area contributed by atoms with Crippen molar-refractivity contribution in [1.82, 2.24) is 15.0 Å². The highest BCUT2D eigenvalue weighted by Gasteiger charge is 2.25. The molecule has 226 valence electrons. The van der Waals surface area contributed by atoms with Crippen LogP contribution in [-0.2, 0) is 0 Å². The zero-order chi connectivity index (χ0) is 31.6. The molecule has 10 rings (SSSR count). The van der Waals surface area contributed by atoms with Crippen molar-refractivity contribution in [2.75, 3.05) is 11.9 Å². The Hall–Kier alpha value is -6.53. The van der Waals surface area contributed by atoms with Crippen molar-refractivity contribution in [2.24, 2.45) is 0 Å². The molecule has 3 aromatic heterocycles. The molecule has 6 aromatic carbocycles. The molecule has 0 radical (unpaired) electrons. The largest absolute Gasteiger partial charge is 0.455 e. The summed E-state index contributed by atoms with van der Waals surface area (Å²) < 4.78 is 13.3. The molecule has 0 aliphatic carbocycles. The second-order valence-electron chi connectivity index (χ2n) is 12.0. The van der Waals surface area contributed by atoms with E-state index in [0.717, 1.165) is 82.9 Å². The Morgan fingerprint density at radius 1 is 0.500 bits per heavy atom. The standard InChI is InChI=1S/C42H26N4O2/c1-3-12-26(13-4-1)40-44-41(27-14-5-2-6-15-27)46-42(45-40)32-23-22-30(39-36(32)37-34(48-39)19-10-24-43-37)29-17-9-18-33-35(29)31-21-20-25-11-7-8-16-28(25)38(31)47-33/h1-23,43H,24H2. The molecule has 0 atom stereocenters. The topological polar surface area (TPSA) is 77.0 Å². The van der Waals surface area contributed by atoms with Gasteiger partial charge in [0.1, 0.15) is 16.7 Å². The van der Waals surface area contributed by atoms with Crippen LogP contribution in [0, 0.1) is 0 Å². The van der Waals surface area contributed by atoms with E-state index < -0.39 is 0 Å². The highest BCUT2D eigenvalue weighted by atomic mass is 16.3. The molecule has 0 spiro atoms. The number of nitrogens with one attached hydrogen (secondary N) is 1. The first-order valence-corrected chi connectivity index (χ1v) is 16.0. The van der Waals surface area contributed by atoms with E-state index >= 15 is 0 Å². The van der Waals surface area contributed by atoms with Crippen LogP contribution in [-0.4, -0.2) is 21.5 Å². The molecular weight excluding hydrogens is 592 g/mol. The Bertz CT molecular complexity index is 2670. The second-order valence-corrected chi connectivity index (χ2v) is 12.0. The SMILES string of the molecule is C1=Cc2oc3c(-c4cccc5oc6c7ccccc7ccc6c45)ccc(-c4nc(-c5ccccc5)nc(-c5ccccc5)n4)c3c2NC1. The van der Waals surface area contributed by atoms with Gasteiger partial charge in [-0.2, -0.15) is 0 Å². The van der Waals surface area contributed by atoms with E-state index in [-0.39, 0.29) is 0 Å². The number of hydrogen-bond acceptors (Lipinski definition) is 6. The number of furan rings is 2. The van der Waals surface area contributed by atoms with Gasteiger partial charge in [0.2, 0.25) is 0 Å². The minimum atomic E-state index is 0.581. The lowest BCUT2D eigenvalue weighted by Gasteiger charge is -2.13. The van der Waals surface area contributed by atoms with Crippen LogP contribution in [0.15, 0.2) is 142 Å². The van der Waals surface area contributed by atoms with E-state index in [4.69, 9.17) is 23.8 Å². The molecule has 0 amide bonds. The van der Waals surface area contributed by atoms with Gasteiger partial charge in [-0.15, -0.1) is 0 Å². The van der Waals surface area contributed by atoms with Crippen LogP contribution < -0.4 is 5.32 Å². The van der Waals surface area contributed by atoms with Gasteiger partial charge in [0.05, 0.1) is 11.1 Å². The third-order valence-corrected chi connectivity index (χ3v) is 9.15. The number of rotatable bonds is 4. The molecule has 0 unspecified atom stereocenters. The van der Waals surface area contributed by atoms with Crippen molar-refractivity contribution in [3.05, 3.63) is 139 Å². The van der Waals surface area contributed by atoms with Crippen LogP contribution in [0.25, 0.3) is 95.0 Å². The Morgan fingerprint density at radius 3 is 2.00 bits per heavy atom. The van der Waals surface area contributed by atoms with E-state index in [9.17, 15) is 0 Å². The average Bonchev–Trinajstić information content (AvgIpc) is 3.75. The number of benzene rings is 6. The molecule has 1 aliphatic rings. The highest BCUT2D eigenvalue weighted by molar-refractivity contribution is 6.21. The molecule has 0 saturated heterocycles.